The van der Waals surface area contributed by atoms with Crippen molar-refractivity contribution in [1.29, 1.82) is 0 Å². The third-order valence-corrected chi connectivity index (χ3v) is 6.13. The average molecular weight is 350 g/mol. The van der Waals surface area contributed by atoms with Gasteiger partial charge in [-0.1, -0.05) is 27.2 Å². The Labute approximate surface area is 149 Å². The molecule has 6 nitrogen and oxygen atoms in total. The van der Waals surface area contributed by atoms with Crippen LogP contribution in [0.3, 0.4) is 0 Å². The molecule has 1 aliphatic carbocycles. The van der Waals surface area contributed by atoms with Gasteiger partial charge in [0.15, 0.2) is 0 Å². The van der Waals surface area contributed by atoms with Gasteiger partial charge in [0.1, 0.15) is 6.04 Å². The molecule has 0 aromatic heterocycles. The van der Waals surface area contributed by atoms with Crippen molar-refractivity contribution in [2.24, 2.45) is 23.2 Å². The van der Waals surface area contributed by atoms with E-state index >= 15 is 0 Å². The second-order valence-electron chi connectivity index (χ2n) is 8.97. The van der Waals surface area contributed by atoms with Gasteiger partial charge >= 0.3 is 5.97 Å². The molecule has 3 aliphatic rings. The number of hydrogen-bond donors (Lipinski definition) is 1. The molecule has 140 valence electrons. The number of piperidine rings is 1. The molecule has 0 aromatic rings. The first-order valence-electron chi connectivity index (χ1n) is 9.53. The van der Waals surface area contributed by atoms with E-state index in [4.69, 9.17) is 0 Å². The van der Waals surface area contributed by atoms with Crippen molar-refractivity contribution in [2.45, 2.75) is 58.9 Å². The molecule has 0 radical (unpaired) electrons. The highest BCUT2D eigenvalue weighted by atomic mass is 16.4. The Bertz CT molecular complexity index is 568. The fourth-order valence-electron chi connectivity index (χ4n) is 4.92. The normalized spacial score (nSPS) is 32.6. The molecule has 1 N–H and O–H groups in total. The summed E-state index contributed by atoms with van der Waals surface area (Å²) in [5, 5.41) is 9.67. The average Bonchev–Trinajstić information content (AvgIpc) is 3.12. The van der Waals surface area contributed by atoms with Gasteiger partial charge in [-0.15, -0.1) is 0 Å². The molecule has 6 heteroatoms. The van der Waals surface area contributed by atoms with Crippen molar-refractivity contribution in [3.63, 3.8) is 0 Å². The molecule has 1 saturated carbocycles. The molecule has 2 amide bonds. The van der Waals surface area contributed by atoms with Crippen LogP contribution >= 0.6 is 0 Å². The van der Waals surface area contributed by atoms with Crippen LogP contribution < -0.4 is 0 Å². The van der Waals surface area contributed by atoms with Gasteiger partial charge in [0, 0.05) is 25.0 Å². The number of carbonyl (C=O) groups is 3. The Morgan fingerprint density at radius 3 is 2.36 bits per heavy atom. The number of amides is 2. The molecule has 0 aromatic carbocycles. The Kier molecular flexibility index (Phi) is 4.82. The molecular weight excluding hydrogens is 320 g/mol. The number of rotatable bonds is 2. The van der Waals surface area contributed by atoms with Crippen molar-refractivity contribution < 1.29 is 19.5 Å². The first-order chi connectivity index (χ1) is 11.7. The smallest absolute Gasteiger partial charge is 0.326 e. The van der Waals surface area contributed by atoms with Crippen LogP contribution in [0.25, 0.3) is 0 Å². The molecule has 0 bridgehead atoms. The third kappa shape index (κ3) is 3.40. The number of hydrogen-bond acceptors (Lipinski definition) is 3. The van der Waals surface area contributed by atoms with Gasteiger partial charge in [0.05, 0.1) is 5.92 Å². The Hall–Kier alpha value is -1.59. The number of likely N-dealkylation sites (tertiary alicyclic amines) is 2. The number of carboxylic acids is 1. The third-order valence-electron chi connectivity index (χ3n) is 6.13. The maximum Gasteiger partial charge on any atom is 0.326 e. The van der Waals surface area contributed by atoms with E-state index < -0.39 is 17.4 Å². The zero-order chi connectivity index (χ0) is 18.4. The molecule has 0 spiro atoms. The van der Waals surface area contributed by atoms with Gasteiger partial charge in [0.2, 0.25) is 11.8 Å². The predicted molar refractivity (Wildman–Crippen MR) is 92.7 cm³/mol. The molecule has 2 heterocycles. The Balaban J connectivity index is 1.72. The summed E-state index contributed by atoms with van der Waals surface area (Å²) in [5.74, 6) is -0.688. The lowest BCUT2D eigenvalue weighted by atomic mass is 9.90. The number of nitrogens with zero attached hydrogens (tertiary/aromatic N) is 2. The number of aliphatic carboxylic acids is 1. The maximum atomic E-state index is 13.1. The SMILES string of the molecule is CC(C)(C)C(=O)N1CCCC(C(=O)N2CC3CCCC3C2C(=O)O)C1. The van der Waals surface area contributed by atoms with Gasteiger partial charge in [-0.2, -0.15) is 0 Å². The van der Waals surface area contributed by atoms with Crippen LogP contribution in [0.2, 0.25) is 0 Å². The summed E-state index contributed by atoms with van der Waals surface area (Å²) in [6.45, 7) is 7.36. The quantitative estimate of drug-likeness (QED) is 0.826. The largest absolute Gasteiger partial charge is 0.480 e. The van der Waals surface area contributed by atoms with Crippen molar-refractivity contribution in [1.82, 2.24) is 9.80 Å². The minimum Gasteiger partial charge on any atom is -0.480 e. The van der Waals surface area contributed by atoms with E-state index in [-0.39, 0.29) is 23.7 Å². The van der Waals surface area contributed by atoms with Crippen LogP contribution in [-0.2, 0) is 14.4 Å². The van der Waals surface area contributed by atoms with Crippen LogP contribution in [0.4, 0.5) is 0 Å². The molecular formula is C19H30N2O4. The van der Waals surface area contributed by atoms with Gasteiger partial charge in [-0.25, -0.2) is 4.79 Å². The molecule has 2 aliphatic heterocycles. The van der Waals surface area contributed by atoms with Gasteiger partial charge in [-0.3, -0.25) is 9.59 Å². The maximum absolute atomic E-state index is 13.1. The molecule has 4 unspecified atom stereocenters. The van der Waals surface area contributed by atoms with Gasteiger partial charge in [0.25, 0.3) is 0 Å². The van der Waals surface area contributed by atoms with E-state index in [0.29, 0.717) is 25.6 Å². The second kappa shape index (κ2) is 6.61. The minimum atomic E-state index is -0.874. The van der Waals surface area contributed by atoms with E-state index in [1.165, 1.54) is 0 Å². The fraction of sp³-hybridized carbons (Fsp3) is 0.842. The molecule has 25 heavy (non-hydrogen) atoms. The highest BCUT2D eigenvalue weighted by molar-refractivity contribution is 5.87. The summed E-state index contributed by atoms with van der Waals surface area (Å²) in [6, 6.07) is -0.673. The summed E-state index contributed by atoms with van der Waals surface area (Å²) in [6.07, 6.45) is 4.54. The number of carbonyl (C=O) groups excluding carboxylic acids is 2. The zero-order valence-electron chi connectivity index (χ0n) is 15.5. The lowest BCUT2D eigenvalue weighted by molar-refractivity contribution is -0.153. The van der Waals surface area contributed by atoms with Crippen LogP contribution in [0.1, 0.15) is 52.9 Å². The monoisotopic (exact) mass is 350 g/mol. The van der Waals surface area contributed by atoms with E-state index in [9.17, 15) is 19.5 Å². The highest BCUT2D eigenvalue weighted by Gasteiger charge is 2.50. The molecule has 3 rings (SSSR count). The standard InChI is InChI=1S/C19H30N2O4/c1-19(2,3)18(25)20-9-5-7-13(10-20)16(22)21-11-12-6-4-8-14(12)15(21)17(23)24/h12-15H,4-11H2,1-3H3,(H,23,24). The first kappa shape index (κ1) is 18.2. The minimum absolute atomic E-state index is 0.0618. The summed E-state index contributed by atoms with van der Waals surface area (Å²) in [4.78, 5) is 40.8. The molecule has 4 atom stereocenters. The summed E-state index contributed by atoms with van der Waals surface area (Å²) < 4.78 is 0. The summed E-state index contributed by atoms with van der Waals surface area (Å²) in [5.41, 5.74) is -0.459. The van der Waals surface area contributed by atoms with E-state index in [2.05, 4.69) is 0 Å². The van der Waals surface area contributed by atoms with Crippen molar-refractivity contribution in [2.75, 3.05) is 19.6 Å². The van der Waals surface area contributed by atoms with Gasteiger partial charge < -0.3 is 14.9 Å². The van der Waals surface area contributed by atoms with Crippen molar-refractivity contribution in [3.05, 3.63) is 0 Å². The lowest BCUT2D eigenvalue weighted by Crippen LogP contribution is -2.52. The topological polar surface area (TPSA) is 77.9 Å². The summed E-state index contributed by atoms with van der Waals surface area (Å²) >= 11 is 0. The highest BCUT2D eigenvalue weighted by Crippen LogP contribution is 2.43. The van der Waals surface area contributed by atoms with Crippen molar-refractivity contribution >= 4 is 17.8 Å². The molecule has 3 fully saturated rings. The van der Waals surface area contributed by atoms with Crippen LogP contribution in [0.15, 0.2) is 0 Å². The Morgan fingerprint density at radius 1 is 1.00 bits per heavy atom. The fourth-order valence-corrected chi connectivity index (χ4v) is 4.92. The van der Waals surface area contributed by atoms with Crippen molar-refractivity contribution in [3.8, 4) is 0 Å². The lowest BCUT2D eigenvalue weighted by Gasteiger charge is -2.38. The van der Waals surface area contributed by atoms with Gasteiger partial charge in [-0.05, 0) is 37.5 Å². The Morgan fingerprint density at radius 2 is 1.72 bits per heavy atom. The summed E-state index contributed by atoms with van der Waals surface area (Å²) in [7, 11) is 0. The number of fused-ring (bicyclic) bond motifs is 1. The van der Waals surface area contributed by atoms with E-state index in [0.717, 1.165) is 32.1 Å². The van der Waals surface area contributed by atoms with Crippen LogP contribution in [0, 0.1) is 23.2 Å². The van der Waals surface area contributed by atoms with E-state index in [1.54, 1.807) is 9.80 Å². The van der Waals surface area contributed by atoms with Crippen LogP contribution in [-0.4, -0.2) is 58.4 Å². The van der Waals surface area contributed by atoms with E-state index in [1.807, 2.05) is 20.8 Å². The predicted octanol–water partition coefficient (Wildman–Crippen LogP) is 1.98. The van der Waals surface area contributed by atoms with Crippen LogP contribution in [0.5, 0.6) is 0 Å². The zero-order valence-corrected chi connectivity index (χ0v) is 15.5. The number of carboxylic acid groups (broad SMARTS) is 1. The second-order valence-corrected chi connectivity index (χ2v) is 8.97. The molecule has 2 saturated heterocycles. The first-order valence-corrected chi connectivity index (χ1v) is 9.53.